The molecular weight excluding hydrogens is 1440 g/mol. The van der Waals surface area contributed by atoms with E-state index in [0.717, 1.165) is 157 Å². The molecule has 0 aliphatic carbocycles. The van der Waals surface area contributed by atoms with Crippen molar-refractivity contribution in [1.29, 1.82) is 0 Å². The third kappa shape index (κ3) is 22.1. The Morgan fingerprint density at radius 3 is 1.13 bits per heavy atom. The molecule has 8 heterocycles. The molecule has 23 heteroatoms. The van der Waals surface area contributed by atoms with Crippen LogP contribution in [0.25, 0.3) is 67.3 Å². The van der Waals surface area contributed by atoms with Gasteiger partial charge >= 0.3 is 12.2 Å². The van der Waals surface area contributed by atoms with Crippen molar-refractivity contribution in [2.24, 2.45) is 41.2 Å². The molecule has 4 fully saturated rings. The molecule has 0 bridgehead atoms. The van der Waals surface area contributed by atoms with Gasteiger partial charge in [-0.25, -0.2) is 24.7 Å². The van der Waals surface area contributed by atoms with Gasteiger partial charge in [0.2, 0.25) is 17.7 Å². The molecule has 5 aromatic carbocycles. The summed E-state index contributed by atoms with van der Waals surface area (Å²) in [4.78, 5) is 105. The van der Waals surface area contributed by atoms with Crippen molar-refractivity contribution >= 4 is 30.0 Å². The average Bonchev–Trinajstić information content (AvgIpc) is 1.68. The molecule has 0 spiro atoms. The van der Waals surface area contributed by atoms with Crippen molar-refractivity contribution in [3.63, 3.8) is 0 Å². The standard InChI is InChI=1S/C37H47N7O2.C32H38N6O.C12H17NO2.CO2.CH4O.CH3.Pd/c1-22(2)24(5)36(45)43-18-6-8-31(43)34-39-20-29(41-34)27-14-10-25(11-15-27)26-12-16-28(17-13-26)30-21-40-35(42-30)32-9-7-19-44(32)37(46)33(38)23(3)4;1-20(2)21(3)32(39)38-17-5-7-29(38)31-35-19-28(37-31)25-14-10-23(11-15-25)22-8-12-24(13-9-22)27-18-34-30(36-27)26-6-4-16-33-26;1-10(2)8-13-12(14)15-9-11-6-4-3-5-7-11;2-1-3;1-2;;/h10-17,20-24,31-33H,6-9,18-19,38H2,1-5H3,(H,39,41)(H,40,42);8-15,18-21,26,29,33H,4-7,16-17H2,1-3H3,(H,34,36)(H,35,37);3-7,10H,8-9H2,1-2H3,(H,13,14);;2H,1H3;1H3;/q;;;;;-1;/t24-,31-,32-,33-;21-,26-,29-;;;;;/m00...../s1. The minimum Gasteiger partial charge on any atom is -0.445 e. The summed E-state index contributed by atoms with van der Waals surface area (Å²) in [5.41, 5.74) is 20.0. The van der Waals surface area contributed by atoms with Gasteiger partial charge in [-0.1, -0.05) is 197 Å². The molecule has 4 aliphatic rings. The Labute approximate surface area is 644 Å². The number of aliphatic hydroxyl groups excluding tert-OH is 1. The second-order valence-corrected chi connectivity index (χ2v) is 29.0. The Morgan fingerprint density at radius 1 is 0.486 bits per heavy atom. The first kappa shape index (κ1) is 84.8. The topological polar surface area (TPSA) is 306 Å². The largest absolute Gasteiger partial charge is 0.445 e. The van der Waals surface area contributed by atoms with Crippen molar-refractivity contribution in [2.45, 2.75) is 157 Å². The smallest absolute Gasteiger partial charge is 0.407 e. The Bertz CT molecular complexity index is 4110. The first-order chi connectivity index (χ1) is 50.7. The molecule has 4 amide bonds. The van der Waals surface area contributed by atoms with E-state index in [0.29, 0.717) is 43.5 Å². The maximum atomic E-state index is 13.1. The first-order valence-corrected chi connectivity index (χ1v) is 37.1. The SMILES string of the molecule is CC(C)CNC(=O)OCc1ccccc1.CC(C)[C@H](C)C(=O)N1CCC[C@H]1c1ncc(-c2ccc(-c3ccc(-c4cnc([C@@H]5CCCN5)[nH]4)cc3)cc2)[nH]1.CC(C)[C@H](C)C(=O)N1CCC[C@H]1c1ncc(-c2ccc(-c3ccc(-c4cnc([C@@H]5CCCN5C(=O)[C@@H](N)C(C)C)[nH]4)cc3)cc2)[nH]1.CO.O=C=O.[CH3-].[Pd]. The normalized spacial score (nSPS) is 17.4. The number of rotatable bonds is 20. The fourth-order valence-corrected chi connectivity index (χ4v) is 13.5. The second-order valence-electron chi connectivity index (χ2n) is 29.0. The number of alkyl carbamates (subject to hydrolysis) is 1. The number of H-pyrrole nitrogens is 4. The molecule has 0 saturated carbocycles. The minimum atomic E-state index is -0.494. The number of nitrogens with zero attached hydrogens (tertiary/aromatic N) is 7. The number of ether oxygens (including phenoxy) is 1. The summed E-state index contributed by atoms with van der Waals surface area (Å²) in [5.74, 6) is 5.26. The van der Waals surface area contributed by atoms with E-state index in [1.807, 2.05) is 111 Å². The number of aliphatic hydroxyl groups is 1. The van der Waals surface area contributed by atoms with Crippen LogP contribution in [0.1, 0.15) is 174 Å². The number of nitrogens with one attached hydrogen (secondary N) is 6. The van der Waals surface area contributed by atoms with E-state index < -0.39 is 6.04 Å². The molecule has 9 aromatic rings. The van der Waals surface area contributed by atoms with E-state index in [-0.39, 0.29) is 93.7 Å². The van der Waals surface area contributed by atoms with Gasteiger partial charge in [-0.3, -0.25) is 14.4 Å². The summed E-state index contributed by atoms with van der Waals surface area (Å²) in [6.07, 6.45) is 15.5. The van der Waals surface area contributed by atoms with Gasteiger partial charge in [-0.2, -0.15) is 9.59 Å². The number of amides is 4. The monoisotopic (exact) mass is 1550 g/mol. The maximum absolute atomic E-state index is 13.1. The van der Waals surface area contributed by atoms with Crippen molar-refractivity contribution < 1.29 is 59.0 Å². The fourth-order valence-electron chi connectivity index (χ4n) is 13.5. The van der Waals surface area contributed by atoms with Crippen LogP contribution in [0.5, 0.6) is 0 Å². The molecule has 9 N–H and O–H groups in total. The van der Waals surface area contributed by atoms with Crippen LogP contribution in [0.2, 0.25) is 0 Å². The van der Waals surface area contributed by atoms with E-state index in [1.54, 1.807) is 0 Å². The number of hydrogen-bond acceptors (Lipinski definition) is 14. The molecule has 0 unspecified atom stereocenters. The first-order valence-electron chi connectivity index (χ1n) is 37.1. The third-order valence-electron chi connectivity index (χ3n) is 20.4. The number of imidazole rings is 4. The van der Waals surface area contributed by atoms with Crippen molar-refractivity contribution in [3.05, 3.63) is 188 Å². The van der Waals surface area contributed by atoms with Crippen LogP contribution in [0, 0.1) is 42.9 Å². The summed E-state index contributed by atoms with van der Waals surface area (Å²) in [6, 6.07) is 43.6. The molecule has 13 rings (SSSR count). The number of nitrogens with two attached hydrogens (primary N) is 1. The molecule has 574 valence electrons. The van der Waals surface area contributed by atoms with Gasteiger partial charge in [0.1, 0.15) is 29.9 Å². The molecular formula is C84H109N14O8Pd-. The Kier molecular flexibility index (Phi) is 32.5. The molecule has 7 atom stereocenters. The van der Waals surface area contributed by atoms with Gasteiger partial charge in [-0.15, -0.1) is 0 Å². The van der Waals surface area contributed by atoms with E-state index in [9.17, 15) is 19.2 Å². The predicted octanol–water partition coefficient (Wildman–Crippen LogP) is 15.3. The average molecular weight is 1550 g/mol. The van der Waals surface area contributed by atoms with Gasteiger partial charge in [0.25, 0.3) is 0 Å². The summed E-state index contributed by atoms with van der Waals surface area (Å²) in [5, 5.41) is 13.2. The van der Waals surface area contributed by atoms with Crippen molar-refractivity contribution in [2.75, 3.05) is 39.8 Å². The molecule has 4 saturated heterocycles. The van der Waals surface area contributed by atoms with Crippen LogP contribution in [0.3, 0.4) is 0 Å². The predicted molar refractivity (Wildman–Crippen MR) is 415 cm³/mol. The number of carbonyl (C=O) groups is 4. The minimum absolute atomic E-state index is 0. The number of hydrogen-bond donors (Lipinski definition) is 8. The fraction of sp³-hybridized carbons (Fsp3) is 0.429. The number of carbonyl (C=O) groups excluding carboxylic acids is 6. The van der Waals surface area contributed by atoms with Crippen molar-refractivity contribution in [1.82, 2.24) is 65.2 Å². The number of aromatic amines is 4. The van der Waals surface area contributed by atoms with Gasteiger partial charge in [0, 0.05) is 65.5 Å². The Hall–Kier alpha value is -9.46. The third-order valence-corrected chi connectivity index (χ3v) is 20.4. The second kappa shape index (κ2) is 41.0. The summed E-state index contributed by atoms with van der Waals surface area (Å²) in [6.45, 7) is 24.9. The molecule has 22 nitrogen and oxygen atoms in total. The zero-order valence-corrected chi connectivity index (χ0v) is 65.6. The van der Waals surface area contributed by atoms with Crippen LogP contribution in [0.4, 0.5) is 4.79 Å². The van der Waals surface area contributed by atoms with Crippen LogP contribution in [0.15, 0.2) is 152 Å². The Morgan fingerprint density at radius 2 is 0.813 bits per heavy atom. The molecule has 4 aliphatic heterocycles. The number of likely N-dealkylation sites (tertiary alicyclic amines) is 3. The zero-order valence-electron chi connectivity index (χ0n) is 64.0. The van der Waals surface area contributed by atoms with Crippen LogP contribution in [-0.4, -0.2) is 136 Å². The number of benzene rings is 5. The molecule has 4 aromatic heterocycles. The molecule has 0 radical (unpaired) electrons. The quantitative estimate of drug-likeness (QED) is 0.0260. The van der Waals surface area contributed by atoms with Crippen LogP contribution >= 0.6 is 0 Å². The van der Waals surface area contributed by atoms with E-state index in [4.69, 9.17) is 35.1 Å². The summed E-state index contributed by atoms with van der Waals surface area (Å²) in [7, 11) is 1.00. The Balaban J connectivity index is 0.000000237. The van der Waals surface area contributed by atoms with Crippen LogP contribution < -0.4 is 16.4 Å². The van der Waals surface area contributed by atoms with E-state index in [1.165, 1.54) is 17.5 Å². The maximum Gasteiger partial charge on any atom is 0.407 e. The van der Waals surface area contributed by atoms with E-state index >= 15 is 0 Å². The zero-order chi connectivity index (χ0) is 75.3. The summed E-state index contributed by atoms with van der Waals surface area (Å²) >= 11 is 0. The summed E-state index contributed by atoms with van der Waals surface area (Å²) < 4.78 is 5.03. The van der Waals surface area contributed by atoms with Gasteiger partial charge < -0.3 is 68.3 Å². The van der Waals surface area contributed by atoms with E-state index in [2.05, 4.69) is 165 Å². The van der Waals surface area contributed by atoms with Gasteiger partial charge in [-0.05, 0) is 132 Å². The number of aromatic nitrogens is 8. The van der Waals surface area contributed by atoms with Gasteiger partial charge in [0.15, 0.2) is 0 Å². The van der Waals surface area contributed by atoms with Gasteiger partial charge in [0.05, 0.1) is 77.8 Å². The molecule has 107 heavy (non-hydrogen) atoms. The van der Waals surface area contributed by atoms with Crippen LogP contribution in [-0.2, 0) is 55.7 Å². The van der Waals surface area contributed by atoms with Crippen molar-refractivity contribution in [3.8, 4) is 67.3 Å².